The molecule has 0 bridgehead atoms. The Balaban J connectivity index is 1.56. The molecule has 1 saturated heterocycles. The Morgan fingerprint density at radius 2 is 2.42 bits per heavy atom. The first kappa shape index (κ1) is 16.9. The quantitative estimate of drug-likeness (QED) is 0.902. The maximum Gasteiger partial charge on any atom is 0.407 e. The summed E-state index contributed by atoms with van der Waals surface area (Å²) in [7, 11) is 0. The first-order valence-corrected chi connectivity index (χ1v) is 9.07. The number of ether oxygens (including phenoxy) is 1. The number of thiazole rings is 1. The number of likely N-dealkylation sites (tertiary alicyclic amines) is 1. The molecule has 6 nitrogen and oxygen atoms in total. The molecule has 1 fully saturated rings. The zero-order chi connectivity index (χ0) is 16.8. The molecule has 0 radical (unpaired) electrons. The number of carbonyl (C=O) groups is 1. The van der Waals surface area contributed by atoms with E-state index in [1.54, 1.807) is 17.5 Å². The van der Waals surface area contributed by atoms with E-state index in [4.69, 9.17) is 4.74 Å². The number of nitrogens with one attached hydrogen (secondary N) is 1. The Labute approximate surface area is 145 Å². The molecule has 0 aromatic carbocycles. The van der Waals surface area contributed by atoms with Crippen molar-refractivity contribution < 1.29 is 9.53 Å². The molecule has 24 heavy (non-hydrogen) atoms. The minimum Gasteiger partial charge on any atom is -0.450 e. The van der Waals surface area contributed by atoms with Gasteiger partial charge in [-0.1, -0.05) is 0 Å². The Morgan fingerprint density at radius 3 is 3.21 bits per heavy atom. The predicted octanol–water partition coefficient (Wildman–Crippen LogP) is 2.92. The maximum atomic E-state index is 11.6. The van der Waals surface area contributed by atoms with Crippen molar-refractivity contribution in [3.63, 3.8) is 0 Å². The van der Waals surface area contributed by atoms with Crippen LogP contribution in [0.2, 0.25) is 0 Å². The van der Waals surface area contributed by atoms with Crippen LogP contribution in [0, 0.1) is 0 Å². The van der Waals surface area contributed by atoms with Crippen LogP contribution in [-0.4, -0.2) is 46.7 Å². The second-order valence-electron chi connectivity index (χ2n) is 5.81. The first-order chi connectivity index (χ1) is 11.7. The lowest BCUT2D eigenvalue weighted by molar-refractivity contribution is 0.133. The molecule has 0 unspecified atom stereocenters. The van der Waals surface area contributed by atoms with Gasteiger partial charge in [-0.3, -0.25) is 9.88 Å². The normalized spacial score (nSPS) is 18.3. The largest absolute Gasteiger partial charge is 0.450 e. The monoisotopic (exact) mass is 346 g/mol. The summed E-state index contributed by atoms with van der Waals surface area (Å²) in [4.78, 5) is 23.8. The number of amides is 1. The van der Waals surface area contributed by atoms with Gasteiger partial charge in [0.2, 0.25) is 0 Å². The Kier molecular flexibility index (Phi) is 5.77. The van der Waals surface area contributed by atoms with E-state index in [0.717, 1.165) is 43.0 Å². The minimum atomic E-state index is -0.319. The van der Waals surface area contributed by atoms with Crippen molar-refractivity contribution in [3.8, 4) is 10.6 Å². The van der Waals surface area contributed by atoms with Crippen LogP contribution in [0.1, 0.15) is 24.6 Å². The fourth-order valence-corrected chi connectivity index (χ4v) is 3.82. The highest BCUT2D eigenvalue weighted by molar-refractivity contribution is 7.15. The van der Waals surface area contributed by atoms with E-state index >= 15 is 0 Å². The lowest BCUT2D eigenvalue weighted by Crippen LogP contribution is -2.47. The molecule has 2 aromatic rings. The van der Waals surface area contributed by atoms with Crippen molar-refractivity contribution >= 4 is 17.4 Å². The predicted molar refractivity (Wildman–Crippen MR) is 93.8 cm³/mol. The van der Waals surface area contributed by atoms with Crippen LogP contribution in [0.25, 0.3) is 10.6 Å². The summed E-state index contributed by atoms with van der Waals surface area (Å²) >= 11 is 1.70. The van der Waals surface area contributed by atoms with Crippen LogP contribution in [0.5, 0.6) is 0 Å². The molecule has 7 heteroatoms. The third-order valence-corrected chi connectivity index (χ3v) is 4.98. The lowest BCUT2D eigenvalue weighted by atomic mass is 10.1. The molecule has 0 aliphatic carbocycles. The van der Waals surface area contributed by atoms with Crippen molar-refractivity contribution in [2.45, 2.75) is 32.4 Å². The zero-order valence-corrected chi connectivity index (χ0v) is 14.6. The number of hydrogen-bond acceptors (Lipinski definition) is 6. The number of hydrogen-bond donors (Lipinski definition) is 1. The van der Waals surface area contributed by atoms with Crippen LogP contribution < -0.4 is 5.32 Å². The second kappa shape index (κ2) is 8.21. The Morgan fingerprint density at radius 1 is 1.50 bits per heavy atom. The summed E-state index contributed by atoms with van der Waals surface area (Å²) in [5.41, 5.74) is 1.05. The summed E-state index contributed by atoms with van der Waals surface area (Å²) in [6.07, 6.45) is 7.30. The van der Waals surface area contributed by atoms with Crippen molar-refractivity contribution in [1.29, 1.82) is 0 Å². The van der Waals surface area contributed by atoms with E-state index < -0.39 is 0 Å². The highest BCUT2D eigenvalue weighted by Gasteiger charge is 2.22. The summed E-state index contributed by atoms with van der Waals surface area (Å²) in [5.74, 6) is 0. The molecule has 0 saturated carbocycles. The van der Waals surface area contributed by atoms with E-state index in [9.17, 15) is 4.79 Å². The van der Waals surface area contributed by atoms with Gasteiger partial charge in [0.25, 0.3) is 0 Å². The van der Waals surface area contributed by atoms with E-state index in [2.05, 4.69) is 20.2 Å². The number of carbonyl (C=O) groups excluding carboxylic acids is 1. The van der Waals surface area contributed by atoms with E-state index in [1.165, 1.54) is 4.88 Å². The molecule has 3 rings (SSSR count). The van der Waals surface area contributed by atoms with Crippen LogP contribution in [0.3, 0.4) is 0 Å². The molecule has 1 atom stereocenters. The molecule has 1 aliphatic heterocycles. The van der Waals surface area contributed by atoms with Crippen LogP contribution in [0.4, 0.5) is 4.79 Å². The fraction of sp³-hybridized carbons (Fsp3) is 0.471. The van der Waals surface area contributed by atoms with E-state index in [-0.39, 0.29) is 12.1 Å². The van der Waals surface area contributed by atoms with Crippen LogP contribution in [-0.2, 0) is 11.3 Å². The molecule has 0 spiro atoms. The summed E-state index contributed by atoms with van der Waals surface area (Å²) in [6, 6.07) is 4.10. The number of rotatable bonds is 5. The van der Waals surface area contributed by atoms with Gasteiger partial charge in [-0.2, -0.15) is 0 Å². The van der Waals surface area contributed by atoms with Gasteiger partial charge < -0.3 is 10.1 Å². The van der Waals surface area contributed by atoms with Gasteiger partial charge in [0.1, 0.15) is 5.01 Å². The van der Waals surface area contributed by atoms with Gasteiger partial charge in [-0.05, 0) is 38.4 Å². The minimum absolute atomic E-state index is 0.156. The molecular weight excluding hydrogens is 324 g/mol. The smallest absolute Gasteiger partial charge is 0.407 e. The molecule has 3 heterocycles. The topological polar surface area (TPSA) is 67.3 Å². The van der Waals surface area contributed by atoms with E-state index in [0.29, 0.717) is 6.61 Å². The average Bonchev–Trinajstić information content (AvgIpc) is 3.05. The summed E-state index contributed by atoms with van der Waals surface area (Å²) < 4.78 is 4.97. The first-order valence-electron chi connectivity index (χ1n) is 8.25. The molecular formula is C17H22N4O2S. The van der Waals surface area contributed by atoms with Crippen molar-refractivity contribution in [2.24, 2.45) is 0 Å². The Hall–Kier alpha value is -1.99. The third kappa shape index (κ3) is 4.52. The molecule has 1 N–H and O–H groups in total. The Bertz CT molecular complexity index is 662. The summed E-state index contributed by atoms with van der Waals surface area (Å²) in [5, 5.41) is 3.94. The number of piperidine rings is 1. The average molecular weight is 346 g/mol. The lowest BCUT2D eigenvalue weighted by Gasteiger charge is -2.32. The fourth-order valence-electron chi connectivity index (χ4n) is 2.88. The van der Waals surface area contributed by atoms with Crippen molar-refractivity contribution in [3.05, 3.63) is 35.6 Å². The number of aromatic nitrogens is 2. The van der Waals surface area contributed by atoms with E-state index in [1.807, 2.05) is 31.5 Å². The van der Waals surface area contributed by atoms with Crippen LogP contribution >= 0.6 is 11.3 Å². The third-order valence-electron chi connectivity index (χ3n) is 3.94. The van der Waals surface area contributed by atoms with Gasteiger partial charge >= 0.3 is 6.09 Å². The number of alkyl carbamates (subject to hydrolysis) is 1. The molecule has 128 valence electrons. The SMILES string of the molecule is CCOC(=O)N[C@H]1CCCN(Cc2cnc(-c3cccnc3)s2)C1. The van der Waals surface area contributed by atoms with Crippen LogP contribution in [0.15, 0.2) is 30.7 Å². The van der Waals surface area contributed by atoms with Gasteiger partial charge in [-0.15, -0.1) is 11.3 Å². The highest BCUT2D eigenvalue weighted by Crippen LogP contribution is 2.26. The van der Waals surface area contributed by atoms with Crippen molar-refractivity contribution in [1.82, 2.24) is 20.2 Å². The standard InChI is InChI=1S/C17H22N4O2S/c1-2-23-17(22)20-14-6-4-8-21(11-14)12-15-10-19-16(24-15)13-5-3-7-18-9-13/h3,5,7,9-10,14H,2,4,6,8,11-12H2,1H3,(H,20,22)/t14-/m0/s1. The van der Waals surface area contributed by atoms with Gasteiger partial charge in [0.15, 0.2) is 0 Å². The summed E-state index contributed by atoms with van der Waals surface area (Å²) in [6.45, 7) is 4.97. The van der Waals surface area contributed by atoms with Gasteiger partial charge in [0, 0.05) is 48.2 Å². The van der Waals surface area contributed by atoms with Gasteiger partial charge in [-0.25, -0.2) is 9.78 Å². The maximum absolute atomic E-state index is 11.6. The zero-order valence-electron chi connectivity index (χ0n) is 13.8. The molecule has 1 amide bonds. The molecule has 1 aliphatic rings. The second-order valence-corrected chi connectivity index (χ2v) is 6.93. The molecule has 2 aromatic heterocycles. The number of pyridine rings is 1. The van der Waals surface area contributed by atoms with Crippen molar-refractivity contribution in [2.75, 3.05) is 19.7 Å². The van der Waals surface area contributed by atoms with Gasteiger partial charge in [0.05, 0.1) is 6.61 Å². The number of nitrogens with zero attached hydrogens (tertiary/aromatic N) is 3. The highest BCUT2D eigenvalue weighted by atomic mass is 32.1.